The Balaban J connectivity index is 2.02. The van der Waals surface area contributed by atoms with Crippen LogP contribution in [0.15, 0.2) is 11.6 Å². The molecule has 0 aromatic heterocycles. The summed E-state index contributed by atoms with van der Waals surface area (Å²) in [4.78, 5) is 42.2. The van der Waals surface area contributed by atoms with Crippen LogP contribution < -0.4 is 0 Å². The predicted molar refractivity (Wildman–Crippen MR) is 105 cm³/mol. The Bertz CT molecular complexity index is 801. The first-order valence-corrected chi connectivity index (χ1v) is 10.4. The Morgan fingerprint density at radius 3 is 2.37 bits per heavy atom. The maximum Gasteiger partial charge on any atom is 0.341 e. The van der Waals surface area contributed by atoms with E-state index >= 15 is 0 Å². The molecule has 8 heteroatoms. The van der Waals surface area contributed by atoms with Crippen LogP contribution in [0.5, 0.6) is 0 Å². The molecule has 1 heterocycles. The number of carbonyl (C=O) groups excluding carboxylic acids is 3. The number of rotatable bonds is 5. The van der Waals surface area contributed by atoms with E-state index in [0.29, 0.717) is 18.4 Å². The van der Waals surface area contributed by atoms with Gasteiger partial charge in [0.2, 0.25) is 0 Å². The molecule has 0 amide bonds. The Morgan fingerprint density at radius 1 is 1.27 bits per heavy atom. The minimum atomic E-state index is -1.22. The highest BCUT2D eigenvalue weighted by Gasteiger charge is 2.62. The number of hydrogen-bond donors (Lipinski definition) is 1. The second-order valence-corrected chi connectivity index (χ2v) is 9.99. The third-order valence-corrected chi connectivity index (χ3v) is 7.22. The lowest BCUT2D eigenvalue weighted by Crippen LogP contribution is -2.61. The standard InChI is InChI=1S/C22H32O8/c1-12-21(6,28-12)18(25)27-17-8-9-20(5)11-15(24)14(19(3,4)30-26)10-16(20)22(17,7)29-13(2)23/h10,12,16-17,26H,8-9,11H2,1-7H3/t12-,16-,17-,20-,21+,22+/m1/s1. The molecule has 1 aliphatic heterocycles. The lowest BCUT2D eigenvalue weighted by molar-refractivity contribution is -0.300. The fourth-order valence-corrected chi connectivity index (χ4v) is 5.08. The van der Waals surface area contributed by atoms with Gasteiger partial charge in [-0.2, -0.15) is 0 Å². The largest absolute Gasteiger partial charge is 0.456 e. The average Bonchev–Trinajstić information content (AvgIpc) is 3.24. The van der Waals surface area contributed by atoms with Crippen LogP contribution in [0.25, 0.3) is 0 Å². The van der Waals surface area contributed by atoms with Gasteiger partial charge in [-0.1, -0.05) is 13.0 Å². The van der Waals surface area contributed by atoms with Crippen molar-refractivity contribution in [3.63, 3.8) is 0 Å². The minimum absolute atomic E-state index is 0.124. The van der Waals surface area contributed by atoms with Crippen LogP contribution in [0.2, 0.25) is 0 Å². The van der Waals surface area contributed by atoms with Gasteiger partial charge in [0.15, 0.2) is 17.0 Å². The molecule has 1 saturated heterocycles. The molecule has 3 rings (SSSR count). The highest BCUT2D eigenvalue weighted by Crippen LogP contribution is 2.55. The van der Waals surface area contributed by atoms with Crippen LogP contribution in [-0.4, -0.2) is 52.0 Å². The molecule has 0 bridgehead atoms. The molecule has 8 nitrogen and oxygen atoms in total. The fraction of sp³-hybridized carbons (Fsp3) is 0.773. The Kier molecular flexibility index (Phi) is 5.45. The zero-order valence-electron chi connectivity index (χ0n) is 18.7. The topological polar surface area (TPSA) is 112 Å². The summed E-state index contributed by atoms with van der Waals surface area (Å²) in [5.41, 5.74) is -3.59. The summed E-state index contributed by atoms with van der Waals surface area (Å²) in [6.45, 7) is 11.7. The van der Waals surface area contributed by atoms with Gasteiger partial charge >= 0.3 is 11.9 Å². The van der Waals surface area contributed by atoms with E-state index in [1.54, 1.807) is 40.7 Å². The highest BCUT2D eigenvalue weighted by atomic mass is 17.1. The number of ether oxygens (including phenoxy) is 3. The van der Waals surface area contributed by atoms with Crippen molar-refractivity contribution in [3.05, 3.63) is 11.6 Å². The summed E-state index contributed by atoms with van der Waals surface area (Å²) in [5.74, 6) is -1.54. The van der Waals surface area contributed by atoms with E-state index in [1.165, 1.54) is 6.92 Å². The van der Waals surface area contributed by atoms with Crippen molar-refractivity contribution in [2.24, 2.45) is 11.3 Å². The molecule has 2 fully saturated rings. The molecule has 168 valence electrons. The number of carbonyl (C=O) groups is 3. The normalized spacial score (nSPS) is 40.9. The quantitative estimate of drug-likeness (QED) is 0.310. The number of epoxide rings is 1. The molecule has 0 unspecified atom stereocenters. The summed E-state index contributed by atoms with van der Waals surface area (Å²) in [5, 5.41) is 9.33. The van der Waals surface area contributed by atoms with Gasteiger partial charge < -0.3 is 14.2 Å². The Hall–Kier alpha value is -1.77. The Labute approximate surface area is 176 Å². The average molecular weight is 424 g/mol. The van der Waals surface area contributed by atoms with E-state index in [1.807, 2.05) is 6.92 Å². The SMILES string of the molecule is CC(=O)O[C@@]1(C)[C@@H]2C=C(C(C)(C)OO)C(=O)C[C@@]2(C)CC[C@H]1OC(=O)[C@@]1(C)O[C@@H]1C. The Morgan fingerprint density at radius 2 is 1.87 bits per heavy atom. The molecule has 30 heavy (non-hydrogen) atoms. The van der Waals surface area contributed by atoms with Crippen molar-refractivity contribution < 1.29 is 38.7 Å². The summed E-state index contributed by atoms with van der Waals surface area (Å²) >= 11 is 0. The second kappa shape index (κ2) is 7.14. The lowest BCUT2D eigenvalue weighted by atomic mass is 9.54. The molecule has 0 radical (unpaired) electrons. The molecule has 1 saturated carbocycles. The minimum Gasteiger partial charge on any atom is -0.456 e. The van der Waals surface area contributed by atoms with Crippen molar-refractivity contribution >= 4 is 17.7 Å². The third kappa shape index (κ3) is 3.59. The summed E-state index contributed by atoms with van der Waals surface area (Å²) < 4.78 is 17.0. The number of esters is 2. The molecule has 6 atom stereocenters. The van der Waals surface area contributed by atoms with Crippen molar-refractivity contribution in [1.82, 2.24) is 0 Å². The summed E-state index contributed by atoms with van der Waals surface area (Å²) in [6.07, 6.45) is 2.05. The van der Waals surface area contributed by atoms with Crippen molar-refractivity contribution in [1.29, 1.82) is 0 Å². The molecular weight excluding hydrogens is 392 g/mol. The van der Waals surface area contributed by atoms with Gasteiger partial charge in [-0.25, -0.2) is 9.68 Å². The van der Waals surface area contributed by atoms with Crippen molar-refractivity contribution in [2.75, 3.05) is 0 Å². The first-order chi connectivity index (χ1) is 13.7. The second-order valence-electron chi connectivity index (χ2n) is 9.99. The smallest absolute Gasteiger partial charge is 0.341 e. The molecule has 0 aromatic rings. The van der Waals surface area contributed by atoms with Gasteiger partial charge in [-0.3, -0.25) is 14.8 Å². The monoisotopic (exact) mass is 424 g/mol. The zero-order chi connectivity index (χ0) is 22.7. The molecule has 0 aromatic carbocycles. The zero-order valence-corrected chi connectivity index (χ0v) is 18.7. The van der Waals surface area contributed by atoms with Gasteiger partial charge in [-0.05, 0) is 52.9 Å². The van der Waals surface area contributed by atoms with Gasteiger partial charge in [0.1, 0.15) is 11.7 Å². The fourth-order valence-electron chi connectivity index (χ4n) is 5.08. The number of hydrogen-bond acceptors (Lipinski definition) is 8. The van der Waals surface area contributed by atoms with Gasteiger partial charge in [0, 0.05) is 24.8 Å². The van der Waals surface area contributed by atoms with Gasteiger partial charge in [0.05, 0.1) is 6.10 Å². The van der Waals surface area contributed by atoms with E-state index in [-0.39, 0.29) is 18.3 Å². The number of fused-ring (bicyclic) bond motifs is 1. The highest BCUT2D eigenvalue weighted by molar-refractivity contribution is 5.98. The first-order valence-electron chi connectivity index (χ1n) is 10.4. The van der Waals surface area contributed by atoms with Crippen molar-refractivity contribution in [3.8, 4) is 0 Å². The van der Waals surface area contributed by atoms with E-state index in [4.69, 9.17) is 14.2 Å². The van der Waals surface area contributed by atoms with Crippen LogP contribution in [0.1, 0.15) is 67.7 Å². The molecule has 2 aliphatic carbocycles. The van der Waals surface area contributed by atoms with Crippen LogP contribution in [-0.2, 0) is 33.5 Å². The van der Waals surface area contributed by atoms with E-state index in [2.05, 4.69) is 4.89 Å². The van der Waals surface area contributed by atoms with Gasteiger partial charge in [0.25, 0.3) is 0 Å². The maximum atomic E-state index is 12.9. The predicted octanol–water partition coefficient (Wildman–Crippen LogP) is 2.98. The number of ketones is 1. The van der Waals surface area contributed by atoms with Crippen LogP contribution in [0.4, 0.5) is 0 Å². The van der Waals surface area contributed by atoms with Crippen molar-refractivity contribution in [2.45, 2.75) is 96.7 Å². The van der Waals surface area contributed by atoms with E-state index in [9.17, 15) is 19.6 Å². The lowest BCUT2D eigenvalue weighted by Gasteiger charge is -2.55. The molecule has 3 aliphatic rings. The van der Waals surface area contributed by atoms with E-state index < -0.39 is 46.2 Å². The maximum absolute atomic E-state index is 12.9. The molecular formula is C22H32O8. The summed E-state index contributed by atoms with van der Waals surface area (Å²) in [7, 11) is 0. The van der Waals surface area contributed by atoms with Crippen LogP contribution in [0.3, 0.4) is 0 Å². The van der Waals surface area contributed by atoms with Crippen LogP contribution in [0, 0.1) is 11.3 Å². The van der Waals surface area contributed by atoms with Gasteiger partial charge in [-0.15, -0.1) is 0 Å². The third-order valence-electron chi connectivity index (χ3n) is 7.22. The first kappa shape index (κ1) is 22.9. The number of Topliss-reactive ketones (excluding diaryl/α,β-unsaturated/α-hetero) is 1. The molecule has 1 N–H and O–H groups in total. The van der Waals surface area contributed by atoms with E-state index in [0.717, 1.165) is 0 Å². The van der Waals surface area contributed by atoms with Crippen LogP contribution >= 0.6 is 0 Å². The molecule has 0 spiro atoms. The summed E-state index contributed by atoms with van der Waals surface area (Å²) in [6, 6.07) is 0.